The summed E-state index contributed by atoms with van der Waals surface area (Å²) in [6, 6.07) is 0. The van der Waals surface area contributed by atoms with Crippen molar-refractivity contribution in [2.45, 2.75) is 68.7 Å². The Morgan fingerprint density at radius 2 is 1.25 bits per heavy atom. The minimum Gasteiger partial charge on any atom is -0.347 e. The lowest BCUT2D eigenvalue weighted by Crippen LogP contribution is -2.44. The highest BCUT2D eigenvalue weighted by Gasteiger charge is 2.50. The summed E-state index contributed by atoms with van der Waals surface area (Å²) in [4.78, 5) is 0. The third kappa shape index (κ3) is 2.40. The lowest BCUT2D eigenvalue weighted by Gasteiger charge is -2.33. The van der Waals surface area contributed by atoms with E-state index in [0.29, 0.717) is 13.2 Å². The van der Waals surface area contributed by atoms with Gasteiger partial charge < -0.3 is 24.3 Å². The second-order valence-electron chi connectivity index (χ2n) is 6.57. The van der Waals surface area contributed by atoms with E-state index in [4.69, 9.17) is 18.9 Å². The molecule has 0 aromatic rings. The first-order chi connectivity index (χ1) is 9.79. The van der Waals surface area contributed by atoms with Gasteiger partial charge in [0.2, 0.25) is 0 Å². The van der Waals surface area contributed by atoms with Gasteiger partial charge in [0.1, 0.15) is 12.2 Å². The highest BCUT2D eigenvalue weighted by molar-refractivity contribution is 4.91. The van der Waals surface area contributed by atoms with Gasteiger partial charge in [-0.1, -0.05) is 6.42 Å². The first-order valence-electron chi connectivity index (χ1n) is 8.14. The molecular formula is C15H25NO4. The van der Waals surface area contributed by atoms with E-state index in [1.807, 2.05) is 0 Å². The van der Waals surface area contributed by atoms with Crippen molar-refractivity contribution in [3.05, 3.63) is 0 Å². The summed E-state index contributed by atoms with van der Waals surface area (Å²) in [6.45, 7) is 3.24. The van der Waals surface area contributed by atoms with Crippen LogP contribution in [0.25, 0.3) is 0 Å². The molecule has 0 radical (unpaired) electrons. The van der Waals surface area contributed by atoms with E-state index in [0.717, 1.165) is 38.8 Å². The van der Waals surface area contributed by atoms with Crippen LogP contribution >= 0.6 is 0 Å². The van der Waals surface area contributed by atoms with E-state index in [1.165, 1.54) is 19.3 Å². The molecule has 5 nitrogen and oxygen atoms in total. The lowest BCUT2D eigenvalue weighted by atomic mass is 9.94. The Morgan fingerprint density at radius 1 is 0.700 bits per heavy atom. The normalized spacial score (nSPS) is 39.6. The highest BCUT2D eigenvalue weighted by Crippen LogP contribution is 2.41. The Labute approximate surface area is 120 Å². The van der Waals surface area contributed by atoms with E-state index in [-0.39, 0.29) is 23.8 Å². The Bertz CT molecular complexity index is 316. The molecule has 3 heterocycles. The molecule has 1 aliphatic carbocycles. The van der Waals surface area contributed by atoms with Crippen molar-refractivity contribution < 1.29 is 18.9 Å². The van der Waals surface area contributed by atoms with Crippen molar-refractivity contribution in [2.75, 3.05) is 26.3 Å². The van der Waals surface area contributed by atoms with Gasteiger partial charge in [0, 0.05) is 38.8 Å². The van der Waals surface area contributed by atoms with Crippen LogP contribution < -0.4 is 5.32 Å². The molecule has 114 valence electrons. The zero-order chi connectivity index (χ0) is 13.5. The summed E-state index contributed by atoms with van der Waals surface area (Å²) in [7, 11) is 0. The zero-order valence-corrected chi connectivity index (χ0v) is 12.1. The second kappa shape index (κ2) is 5.21. The van der Waals surface area contributed by atoms with E-state index >= 15 is 0 Å². The molecule has 2 spiro atoms. The Morgan fingerprint density at radius 3 is 1.85 bits per heavy atom. The van der Waals surface area contributed by atoms with Gasteiger partial charge in [-0.2, -0.15) is 0 Å². The maximum Gasteiger partial charge on any atom is 0.171 e. The third-order valence-corrected chi connectivity index (χ3v) is 5.15. The summed E-state index contributed by atoms with van der Waals surface area (Å²) in [5.74, 6) is -0.669. The third-order valence-electron chi connectivity index (χ3n) is 5.15. The summed E-state index contributed by atoms with van der Waals surface area (Å²) in [5.41, 5.74) is 0. The molecule has 4 aliphatic rings. The van der Waals surface area contributed by atoms with Gasteiger partial charge in [0.05, 0.1) is 13.2 Å². The molecule has 0 aromatic carbocycles. The van der Waals surface area contributed by atoms with Gasteiger partial charge in [0.25, 0.3) is 0 Å². The number of piperidine rings is 1. The standard InChI is InChI=1S/C15H25NO4/c1-2-4-14(5-3-1)17-10-12(19-14)13-11-18-15(20-13)6-8-16-9-7-15/h12-13,16H,1-11H2. The van der Waals surface area contributed by atoms with Crippen LogP contribution in [0.4, 0.5) is 0 Å². The van der Waals surface area contributed by atoms with Crippen molar-refractivity contribution >= 4 is 0 Å². The van der Waals surface area contributed by atoms with Crippen LogP contribution in [0.2, 0.25) is 0 Å². The molecular weight excluding hydrogens is 258 g/mol. The number of rotatable bonds is 1. The summed E-state index contributed by atoms with van der Waals surface area (Å²) in [6.07, 6.45) is 7.74. The molecule has 2 atom stereocenters. The molecule has 0 aromatic heterocycles. The molecule has 1 N–H and O–H groups in total. The van der Waals surface area contributed by atoms with Crippen molar-refractivity contribution in [2.24, 2.45) is 0 Å². The van der Waals surface area contributed by atoms with Gasteiger partial charge >= 0.3 is 0 Å². The van der Waals surface area contributed by atoms with Gasteiger partial charge in [0.15, 0.2) is 11.6 Å². The minimum absolute atomic E-state index is 0.0365. The van der Waals surface area contributed by atoms with Crippen molar-refractivity contribution in [1.29, 1.82) is 0 Å². The van der Waals surface area contributed by atoms with E-state index in [1.54, 1.807) is 0 Å². The molecule has 20 heavy (non-hydrogen) atoms. The second-order valence-corrected chi connectivity index (χ2v) is 6.57. The Kier molecular flexibility index (Phi) is 3.51. The van der Waals surface area contributed by atoms with Crippen LogP contribution in [0.3, 0.4) is 0 Å². The molecule has 3 aliphatic heterocycles. The van der Waals surface area contributed by atoms with E-state index < -0.39 is 0 Å². The van der Waals surface area contributed by atoms with Crippen LogP contribution in [-0.4, -0.2) is 50.1 Å². The maximum absolute atomic E-state index is 6.26. The first kappa shape index (κ1) is 13.5. The predicted molar refractivity (Wildman–Crippen MR) is 72.3 cm³/mol. The van der Waals surface area contributed by atoms with Gasteiger partial charge in [-0.15, -0.1) is 0 Å². The van der Waals surface area contributed by atoms with Gasteiger partial charge in [-0.3, -0.25) is 0 Å². The van der Waals surface area contributed by atoms with Crippen LogP contribution in [0.15, 0.2) is 0 Å². The van der Waals surface area contributed by atoms with Crippen LogP contribution in [0, 0.1) is 0 Å². The highest BCUT2D eigenvalue weighted by atomic mass is 16.8. The summed E-state index contributed by atoms with van der Waals surface area (Å²) < 4.78 is 24.5. The number of hydrogen-bond donors (Lipinski definition) is 1. The zero-order valence-electron chi connectivity index (χ0n) is 12.1. The predicted octanol–water partition coefficient (Wildman–Crippen LogP) is 1.56. The minimum atomic E-state index is -0.360. The average molecular weight is 283 g/mol. The topological polar surface area (TPSA) is 49.0 Å². The van der Waals surface area contributed by atoms with E-state index in [9.17, 15) is 0 Å². The van der Waals surface area contributed by atoms with Crippen molar-refractivity contribution in [1.82, 2.24) is 5.32 Å². The number of nitrogens with one attached hydrogen (secondary N) is 1. The molecule has 5 heteroatoms. The molecule has 4 fully saturated rings. The lowest BCUT2D eigenvalue weighted by molar-refractivity contribution is -0.214. The molecule has 0 bridgehead atoms. The first-order valence-corrected chi connectivity index (χ1v) is 8.14. The molecule has 1 saturated carbocycles. The van der Waals surface area contributed by atoms with Crippen LogP contribution in [0.1, 0.15) is 44.9 Å². The number of hydrogen-bond acceptors (Lipinski definition) is 5. The molecule has 4 rings (SSSR count). The molecule has 0 amide bonds. The fourth-order valence-corrected chi connectivity index (χ4v) is 3.94. The molecule has 3 saturated heterocycles. The largest absolute Gasteiger partial charge is 0.347 e. The van der Waals surface area contributed by atoms with Gasteiger partial charge in [-0.25, -0.2) is 0 Å². The summed E-state index contributed by atoms with van der Waals surface area (Å²) >= 11 is 0. The fraction of sp³-hybridized carbons (Fsp3) is 1.00. The Hall–Kier alpha value is -0.200. The Balaban J connectivity index is 1.37. The monoisotopic (exact) mass is 283 g/mol. The van der Waals surface area contributed by atoms with Crippen LogP contribution in [0.5, 0.6) is 0 Å². The quantitative estimate of drug-likeness (QED) is 0.791. The smallest absolute Gasteiger partial charge is 0.171 e. The summed E-state index contributed by atoms with van der Waals surface area (Å²) in [5, 5.41) is 3.35. The average Bonchev–Trinajstić information content (AvgIpc) is 3.07. The SMILES string of the molecule is C1CCC2(CC1)OCC(C1COC3(CCNCC3)O1)O2. The van der Waals surface area contributed by atoms with Crippen molar-refractivity contribution in [3.63, 3.8) is 0 Å². The fourth-order valence-electron chi connectivity index (χ4n) is 3.94. The van der Waals surface area contributed by atoms with E-state index in [2.05, 4.69) is 5.32 Å². The van der Waals surface area contributed by atoms with Gasteiger partial charge in [-0.05, 0) is 12.8 Å². The van der Waals surface area contributed by atoms with Crippen molar-refractivity contribution in [3.8, 4) is 0 Å². The molecule has 2 unspecified atom stereocenters. The maximum atomic E-state index is 6.26. The number of ether oxygens (including phenoxy) is 4. The van der Waals surface area contributed by atoms with Crippen LogP contribution in [-0.2, 0) is 18.9 Å².